The lowest BCUT2D eigenvalue weighted by atomic mass is 9.74. The molecule has 38 heavy (non-hydrogen) atoms. The van der Waals surface area contributed by atoms with Crippen LogP contribution in [0.15, 0.2) is 35.3 Å². The number of benzene rings is 1. The molecule has 1 saturated heterocycles. The fourth-order valence-corrected chi connectivity index (χ4v) is 4.46. The smallest absolute Gasteiger partial charge is 0.317 e. The zero-order valence-electron chi connectivity index (χ0n) is 21.9. The number of aliphatic imine (C=N–C) groups is 1. The molecule has 0 bridgehead atoms. The van der Waals surface area contributed by atoms with Crippen LogP contribution >= 0.6 is 11.6 Å². The predicted octanol–water partition coefficient (Wildman–Crippen LogP) is 1.33. The van der Waals surface area contributed by atoms with E-state index in [9.17, 15) is 9.59 Å². The Labute approximate surface area is 228 Å². The topological polar surface area (TPSA) is 181 Å². The Bertz CT molecular complexity index is 1130. The normalized spacial score (nSPS) is 15.4. The molecule has 2 aromatic rings. The molecule has 0 aliphatic carbocycles. The number of likely N-dealkylation sites (tertiary alicyclic amines) is 1. The number of aromatic nitrogens is 2. The second-order valence-electron chi connectivity index (χ2n) is 9.80. The number of nitrogens with two attached hydrogens (primary N) is 3. The van der Waals surface area contributed by atoms with Crippen molar-refractivity contribution in [3.8, 4) is 0 Å². The van der Waals surface area contributed by atoms with Gasteiger partial charge in [-0.2, -0.15) is 4.99 Å². The average molecular weight is 545 g/mol. The van der Waals surface area contributed by atoms with E-state index >= 15 is 0 Å². The molecule has 0 atom stereocenters. The summed E-state index contributed by atoms with van der Waals surface area (Å²) >= 11 is 5.87. The van der Waals surface area contributed by atoms with Crippen molar-refractivity contribution in [3.05, 3.63) is 46.7 Å². The number of piperidine rings is 1. The molecule has 0 radical (unpaired) electrons. The molecule has 0 spiro atoms. The van der Waals surface area contributed by atoms with Crippen LogP contribution in [-0.2, 0) is 6.42 Å². The lowest BCUT2D eigenvalue weighted by Gasteiger charge is -2.42. The highest BCUT2D eigenvalue weighted by molar-refractivity contribution is 6.31. The third-order valence-electron chi connectivity index (χ3n) is 6.71. The zero-order valence-corrected chi connectivity index (χ0v) is 22.7. The van der Waals surface area contributed by atoms with E-state index in [2.05, 4.69) is 37.7 Å². The van der Waals surface area contributed by atoms with Gasteiger partial charge in [-0.25, -0.2) is 14.8 Å². The predicted molar refractivity (Wildman–Crippen MR) is 150 cm³/mol. The van der Waals surface area contributed by atoms with Gasteiger partial charge in [0.05, 0.1) is 0 Å². The number of nitrogens with one attached hydrogen (secondary N) is 2. The minimum absolute atomic E-state index is 0.0519. The quantitative estimate of drug-likeness (QED) is 0.230. The second kappa shape index (κ2) is 13.2. The summed E-state index contributed by atoms with van der Waals surface area (Å²) in [6, 6.07) is 10.2. The maximum atomic E-state index is 12.6. The number of carbonyl (C=O) groups excluding carboxylic acids is 2. The molecular weight excluding hydrogens is 508 g/mol. The maximum absolute atomic E-state index is 12.6. The maximum Gasteiger partial charge on any atom is 0.317 e. The van der Waals surface area contributed by atoms with Crippen LogP contribution in [0.1, 0.15) is 35.3 Å². The Morgan fingerprint density at radius 1 is 1.11 bits per heavy atom. The summed E-state index contributed by atoms with van der Waals surface area (Å²) < 4.78 is 0. The van der Waals surface area contributed by atoms with E-state index in [-0.39, 0.29) is 39.9 Å². The number of nitrogen functional groups attached to an aromatic ring is 2. The molecule has 3 amide bonds. The monoisotopic (exact) mass is 544 g/mol. The summed E-state index contributed by atoms with van der Waals surface area (Å²) in [6.45, 7) is 3.11. The van der Waals surface area contributed by atoms with Gasteiger partial charge in [0.2, 0.25) is 0 Å². The molecule has 8 N–H and O–H groups in total. The third-order valence-corrected chi connectivity index (χ3v) is 6.99. The number of halogens is 1. The van der Waals surface area contributed by atoms with Gasteiger partial charge in [-0.15, -0.1) is 0 Å². The van der Waals surface area contributed by atoms with Gasteiger partial charge in [-0.1, -0.05) is 41.9 Å². The van der Waals surface area contributed by atoms with Gasteiger partial charge in [0.1, 0.15) is 0 Å². The van der Waals surface area contributed by atoms with E-state index in [1.807, 2.05) is 42.1 Å². The number of hydrogen-bond acceptors (Lipinski definition) is 7. The molecular formula is C25H37ClN10O2. The van der Waals surface area contributed by atoms with Gasteiger partial charge in [-0.3, -0.25) is 4.79 Å². The van der Waals surface area contributed by atoms with E-state index in [0.717, 1.165) is 32.2 Å². The largest absolute Gasteiger partial charge is 0.382 e. The summed E-state index contributed by atoms with van der Waals surface area (Å²) in [5.41, 5.74) is 18.3. The van der Waals surface area contributed by atoms with Crippen molar-refractivity contribution in [2.24, 2.45) is 16.1 Å². The van der Waals surface area contributed by atoms with Crippen LogP contribution in [0, 0.1) is 5.41 Å². The second-order valence-corrected chi connectivity index (χ2v) is 10.2. The van der Waals surface area contributed by atoms with Crippen LogP contribution in [0.3, 0.4) is 0 Å². The van der Waals surface area contributed by atoms with Crippen LogP contribution in [-0.4, -0.2) is 84.5 Å². The number of rotatable bonds is 9. The average Bonchev–Trinajstić information content (AvgIpc) is 2.89. The Balaban J connectivity index is 1.66. The van der Waals surface area contributed by atoms with Crippen LogP contribution in [0.4, 0.5) is 16.4 Å². The Morgan fingerprint density at radius 2 is 1.79 bits per heavy atom. The molecule has 206 valence electrons. The molecule has 1 aromatic heterocycles. The van der Waals surface area contributed by atoms with E-state index in [1.54, 1.807) is 0 Å². The minimum Gasteiger partial charge on any atom is -0.382 e. The first-order chi connectivity index (χ1) is 18.1. The highest BCUT2D eigenvalue weighted by Crippen LogP contribution is 2.36. The van der Waals surface area contributed by atoms with E-state index < -0.39 is 5.91 Å². The standard InChI is InChI=1S/C25H37ClN10O2/c1-35(2)15-12-30-24(38)36-13-10-25(11-14-36,9-8-17-6-4-3-5-7-17)16-31-23(29)34-22(37)18-20(27)33-21(28)19(26)32-18/h3-7H,8-16H2,1-2H3,(H,30,38)(H4,27,28,33)(H3,29,31,34,37). The van der Waals surface area contributed by atoms with Gasteiger partial charge in [0, 0.05) is 32.7 Å². The number of anilines is 2. The van der Waals surface area contributed by atoms with Crippen molar-refractivity contribution in [2.75, 3.05) is 58.3 Å². The fourth-order valence-electron chi connectivity index (χ4n) is 4.33. The van der Waals surface area contributed by atoms with Crippen LogP contribution < -0.4 is 27.8 Å². The highest BCUT2D eigenvalue weighted by atomic mass is 35.5. The van der Waals surface area contributed by atoms with Gasteiger partial charge in [0.25, 0.3) is 0 Å². The van der Waals surface area contributed by atoms with Crippen molar-refractivity contribution >= 4 is 41.1 Å². The first-order valence-electron chi connectivity index (χ1n) is 12.5. The van der Waals surface area contributed by atoms with Gasteiger partial charge in [-0.05, 0) is 50.8 Å². The third kappa shape index (κ3) is 8.18. The molecule has 12 nitrogen and oxygen atoms in total. The first-order valence-corrected chi connectivity index (χ1v) is 12.9. The number of carbonyl (C=O) groups is 2. The van der Waals surface area contributed by atoms with Crippen molar-refractivity contribution in [1.29, 1.82) is 0 Å². The molecule has 1 aliphatic rings. The van der Waals surface area contributed by atoms with E-state index in [1.165, 1.54) is 5.56 Å². The molecule has 1 aliphatic heterocycles. The van der Waals surface area contributed by atoms with Crippen LogP contribution in [0.25, 0.3) is 0 Å². The fraction of sp³-hybridized carbons (Fsp3) is 0.480. The van der Waals surface area contributed by atoms with Gasteiger partial charge >= 0.3 is 11.9 Å². The first kappa shape index (κ1) is 28.9. The van der Waals surface area contributed by atoms with E-state index in [4.69, 9.17) is 28.8 Å². The Hall–Kier alpha value is -3.64. The lowest BCUT2D eigenvalue weighted by Crippen LogP contribution is -2.51. The SMILES string of the molecule is CN(C)CCNC(=O)N1CCC(CCc2ccccc2)(CN/C(N)=N/C(=O)c2nc(Cl)c(N)nc2N)CC1. The van der Waals surface area contributed by atoms with Crippen molar-refractivity contribution < 1.29 is 9.59 Å². The molecule has 3 rings (SSSR count). The minimum atomic E-state index is -0.774. The Kier molecular flexibility index (Phi) is 10.1. The summed E-state index contributed by atoms with van der Waals surface area (Å²) in [5.74, 6) is -1.09. The van der Waals surface area contributed by atoms with Crippen molar-refractivity contribution in [1.82, 2.24) is 30.4 Å². The molecule has 1 fully saturated rings. The summed E-state index contributed by atoms with van der Waals surface area (Å²) in [7, 11) is 3.94. The number of amides is 3. The zero-order chi connectivity index (χ0) is 27.7. The van der Waals surface area contributed by atoms with Crippen molar-refractivity contribution in [2.45, 2.75) is 25.7 Å². The van der Waals surface area contributed by atoms with Gasteiger partial charge in [0.15, 0.2) is 28.4 Å². The van der Waals surface area contributed by atoms with Gasteiger partial charge < -0.3 is 37.6 Å². The summed E-state index contributed by atoms with van der Waals surface area (Å²) in [4.78, 5) is 40.7. The summed E-state index contributed by atoms with van der Waals surface area (Å²) in [5, 5.41) is 5.95. The Morgan fingerprint density at radius 3 is 2.45 bits per heavy atom. The van der Waals surface area contributed by atoms with Crippen LogP contribution in [0.5, 0.6) is 0 Å². The number of hydrogen-bond donors (Lipinski definition) is 5. The van der Waals surface area contributed by atoms with Crippen LogP contribution in [0.2, 0.25) is 5.15 Å². The number of urea groups is 1. The van der Waals surface area contributed by atoms with E-state index in [0.29, 0.717) is 26.2 Å². The molecule has 1 aromatic carbocycles. The van der Waals surface area contributed by atoms with Crippen molar-refractivity contribution in [3.63, 3.8) is 0 Å². The molecule has 0 saturated carbocycles. The lowest BCUT2D eigenvalue weighted by molar-refractivity contribution is 0.0995. The molecule has 2 heterocycles. The molecule has 0 unspecified atom stereocenters. The highest BCUT2D eigenvalue weighted by Gasteiger charge is 2.36. The number of guanidine groups is 1. The number of aryl methyl sites for hydroxylation is 1. The molecule has 13 heteroatoms. The summed E-state index contributed by atoms with van der Waals surface area (Å²) in [6.07, 6.45) is 3.32. The number of nitrogens with zero attached hydrogens (tertiary/aromatic N) is 5. The number of likely N-dealkylation sites (N-methyl/N-ethyl adjacent to an activating group) is 1.